The highest BCUT2D eigenvalue weighted by Crippen LogP contribution is 2.22. The van der Waals surface area contributed by atoms with Crippen LogP contribution in [0.5, 0.6) is 0 Å². The third kappa shape index (κ3) is 3.09. The number of hydrogen-bond acceptors (Lipinski definition) is 0. The predicted octanol–water partition coefficient (Wildman–Crippen LogP) is 3.78. The van der Waals surface area contributed by atoms with Crippen LogP contribution in [0, 0.1) is 11.8 Å². The van der Waals surface area contributed by atoms with Gasteiger partial charge in [-0.05, 0) is 37.5 Å². The van der Waals surface area contributed by atoms with Crippen LogP contribution in [0.3, 0.4) is 0 Å². The van der Waals surface area contributed by atoms with Gasteiger partial charge < -0.3 is 0 Å². The Bertz CT molecular complexity index is 124. The maximum Gasteiger partial charge on any atom is -0.0236 e. The van der Waals surface area contributed by atoms with Gasteiger partial charge in [0.1, 0.15) is 0 Å². The van der Waals surface area contributed by atoms with E-state index in [4.69, 9.17) is 0 Å². The van der Waals surface area contributed by atoms with Crippen molar-refractivity contribution in [2.45, 2.75) is 46.0 Å². The average Bonchev–Trinajstić information content (AvgIpc) is 1.98. The van der Waals surface area contributed by atoms with E-state index in [1.165, 1.54) is 32.1 Å². The molecule has 64 valence electrons. The van der Waals surface area contributed by atoms with Crippen LogP contribution in [0.1, 0.15) is 46.0 Å². The lowest BCUT2D eigenvalue weighted by Gasteiger charge is -2.17. The highest BCUT2D eigenvalue weighted by Gasteiger charge is 2.08. The number of hydrogen-bond donors (Lipinski definition) is 0. The van der Waals surface area contributed by atoms with E-state index in [1.807, 2.05) is 0 Å². The van der Waals surface area contributed by atoms with Gasteiger partial charge in [0.2, 0.25) is 0 Å². The molecular formula is C11H20. The van der Waals surface area contributed by atoms with E-state index in [-0.39, 0.29) is 0 Å². The van der Waals surface area contributed by atoms with Gasteiger partial charge in [-0.15, -0.1) is 0 Å². The van der Waals surface area contributed by atoms with Crippen LogP contribution in [0.4, 0.5) is 0 Å². The van der Waals surface area contributed by atoms with Gasteiger partial charge in [-0.3, -0.25) is 0 Å². The van der Waals surface area contributed by atoms with Gasteiger partial charge in [-0.2, -0.15) is 0 Å². The second kappa shape index (κ2) is 4.58. The van der Waals surface area contributed by atoms with Crippen molar-refractivity contribution < 1.29 is 0 Å². The molecule has 0 nitrogen and oxygen atoms in total. The normalized spacial score (nSPS) is 35.8. The average molecular weight is 152 g/mol. The Morgan fingerprint density at radius 2 is 2.09 bits per heavy atom. The smallest absolute Gasteiger partial charge is 0.0236 e. The second-order valence-corrected chi connectivity index (χ2v) is 3.86. The Morgan fingerprint density at radius 3 is 2.82 bits per heavy atom. The molecule has 1 aliphatic carbocycles. The van der Waals surface area contributed by atoms with E-state index in [9.17, 15) is 0 Å². The van der Waals surface area contributed by atoms with Crippen LogP contribution in [0.2, 0.25) is 0 Å². The van der Waals surface area contributed by atoms with Crippen molar-refractivity contribution in [2.24, 2.45) is 11.8 Å². The van der Waals surface area contributed by atoms with Crippen LogP contribution in [-0.4, -0.2) is 0 Å². The molecule has 0 heterocycles. The zero-order chi connectivity index (χ0) is 8.10. The van der Waals surface area contributed by atoms with E-state index in [0.717, 1.165) is 11.8 Å². The summed E-state index contributed by atoms with van der Waals surface area (Å²) in [4.78, 5) is 0. The first kappa shape index (κ1) is 8.83. The summed E-state index contributed by atoms with van der Waals surface area (Å²) in [7, 11) is 0. The summed E-state index contributed by atoms with van der Waals surface area (Å²) in [6, 6.07) is 0. The van der Waals surface area contributed by atoms with Crippen molar-refractivity contribution in [3.8, 4) is 0 Å². The quantitative estimate of drug-likeness (QED) is 0.502. The number of allylic oxidation sites excluding steroid dienone is 2. The molecule has 1 rings (SSSR count). The maximum atomic E-state index is 2.42. The molecule has 0 aromatic rings. The van der Waals surface area contributed by atoms with Crippen molar-refractivity contribution in [3.05, 3.63) is 12.2 Å². The van der Waals surface area contributed by atoms with Gasteiger partial charge in [0, 0.05) is 0 Å². The van der Waals surface area contributed by atoms with Crippen molar-refractivity contribution >= 4 is 0 Å². The molecule has 0 bridgehead atoms. The molecule has 0 saturated heterocycles. The molecule has 0 amide bonds. The Labute approximate surface area is 70.7 Å². The third-order valence-electron chi connectivity index (χ3n) is 2.79. The van der Waals surface area contributed by atoms with Gasteiger partial charge in [-0.1, -0.05) is 32.4 Å². The molecule has 2 unspecified atom stereocenters. The molecular weight excluding hydrogens is 132 g/mol. The van der Waals surface area contributed by atoms with E-state index in [2.05, 4.69) is 26.0 Å². The van der Waals surface area contributed by atoms with E-state index < -0.39 is 0 Å². The minimum atomic E-state index is 0.873. The molecule has 0 aromatic heterocycles. The van der Waals surface area contributed by atoms with Gasteiger partial charge in [0.15, 0.2) is 0 Å². The summed E-state index contributed by atoms with van der Waals surface area (Å²) in [5.41, 5.74) is 0. The first-order valence-electron chi connectivity index (χ1n) is 4.99. The molecule has 0 saturated carbocycles. The molecule has 0 aliphatic heterocycles. The fourth-order valence-electron chi connectivity index (χ4n) is 1.75. The minimum Gasteiger partial charge on any atom is -0.0883 e. The molecule has 0 aromatic carbocycles. The largest absolute Gasteiger partial charge is 0.0883 e. The SMILES string of the molecule is CCC1/C=C/CCC(C)CC1. The Balaban J connectivity index is 2.39. The maximum absolute atomic E-state index is 2.42. The highest BCUT2D eigenvalue weighted by atomic mass is 14.1. The van der Waals surface area contributed by atoms with E-state index >= 15 is 0 Å². The summed E-state index contributed by atoms with van der Waals surface area (Å²) in [5, 5.41) is 0. The molecule has 0 heteroatoms. The molecule has 0 fully saturated rings. The molecule has 0 N–H and O–H groups in total. The molecule has 11 heavy (non-hydrogen) atoms. The van der Waals surface area contributed by atoms with E-state index in [1.54, 1.807) is 0 Å². The van der Waals surface area contributed by atoms with Gasteiger partial charge in [-0.25, -0.2) is 0 Å². The molecule has 0 spiro atoms. The fraction of sp³-hybridized carbons (Fsp3) is 0.818. The third-order valence-corrected chi connectivity index (χ3v) is 2.79. The fourth-order valence-corrected chi connectivity index (χ4v) is 1.75. The Kier molecular flexibility index (Phi) is 3.68. The summed E-state index contributed by atoms with van der Waals surface area (Å²) in [5.74, 6) is 1.83. The summed E-state index contributed by atoms with van der Waals surface area (Å²) < 4.78 is 0. The van der Waals surface area contributed by atoms with Gasteiger partial charge in [0.25, 0.3) is 0 Å². The summed E-state index contributed by atoms with van der Waals surface area (Å²) in [6.07, 6.45) is 11.7. The first-order valence-corrected chi connectivity index (χ1v) is 4.99. The van der Waals surface area contributed by atoms with E-state index in [0.29, 0.717) is 0 Å². The topological polar surface area (TPSA) is 0 Å². The lowest BCUT2D eigenvalue weighted by atomic mass is 9.89. The van der Waals surface area contributed by atoms with Crippen molar-refractivity contribution in [3.63, 3.8) is 0 Å². The number of rotatable bonds is 1. The van der Waals surface area contributed by atoms with Crippen molar-refractivity contribution in [1.82, 2.24) is 0 Å². The lowest BCUT2D eigenvalue weighted by Crippen LogP contribution is -2.03. The van der Waals surface area contributed by atoms with Crippen LogP contribution in [-0.2, 0) is 0 Å². The van der Waals surface area contributed by atoms with Gasteiger partial charge >= 0.3 is 0 Å². The second-order valence-electron chi connectivity index (χ2n) is 3.86. The van der Waals surface area contributed by atoms with Crippen molar-refractivity contribution in [2.75, 3.05) is 0 Å². The standard InChI is InChI=1S/C11H20/c1-3-11-7-5-4-6-10(2)8-9-11/h5,7,10-11H,3-4,6,8-9H2,1-2H3/b7-5+. The summed E-state index contributed by atoms with van der Waals surface area (Å²) >= 11 is 0. The molecule has 1 aliphatic rings. The van der Waals surface area contributed by atoms with Crippen molar-refractivity contribution in [1.29, 1.82) is 0 Å². The first-order chi connectivity index (χ1) is 5.33. The van der Waals surface area contributed by atoms with Crippen LogP contribution in [0.15, 0.2) is 12.2 Å². The highest BCUT2D eigenvalue weighted by molar-refractivity contribution is 4.90. The predicted molar refractivity (Wildman–Crippen MR) is 50.6 cm³/mol. The van der Waals surface area contributed by atoms with Crippen LogP contribution >= 0.6 is 0 Å². The van der Waals surface area contributed by atoms with Crippen LogP contribution in [0.25, 0.3) is 0 Å². The van der Waals surface area contributed by atoms with Crippen LogP contribution < -0.4 is 0 Å². The zero-order valence-electron chi connectivity index (χ0n) is 7.84. The Morgan fingerprint density at radius 1 is 1.27 bits per heavy atom. The Hall–Kier alpha value is -0.260. The van der Waals surface area contributed by atoms with Gasteiger partial charge in [0.05, 0.1) is 0 Å². The molecule has 2 atom stereocenters. The monoisotopic (exact) mass is 152 g/mol. The zero-order valence-corrected chi connectivity index (χ0v) is 7.84. The molecule has 0 radical (unpaired) electrons. The lowest BCUT2D eigenvalue weighted by molar-refractivity contribution is 0.418. The summed E-state index contributed by atoms with van der Waals surface area (Å²) in [6.45, 7) is 4.67. The minimum absolute atomic E-state index is 0.873.